The van der Waals surface area contributed by atoms with Crippen molar-refractivity contribution in [1.29, 1.82) is 5.41 Å². The molecule has 0 bridgehead atoms. The van der Waals surface area contributed by atoms with E-state index in [4.69, 9.17) is 22.7 Å². The molecule has 2 rings (SSSR count). The Morgan fingerprint density at radius 2 is 1.52 bits per heavy atom. The minimum atomic E-state index is -0.0348. The van der Waals surface area contributed by atoms with Crippen molar-refractivity contribution in [3.8, 4) is 0 Å². The fraction of sp³-hybridized carbons (Fsp3) is 0.0667. The van der Waals surface area contributed by atoms with E-state index in [-0.39, 0.29) is 27.9 Å². The van der Waals surface area contributed by atoms with Crippen LogP contribution in [0.1, 0.15) is 21.5 Å². The molecule has 0 saturated heterocycles. The Morgan fingerprint density at radius 3 is 2.00 bits per heavy atom. The van der Waals surface area contributed by atoms with Crippen LogP contribution in [0.4, 0.5) is 0 Å². The highest BCUT2D eigenvalue weighted by Gasteiger charge is 2.08. The van der Waals surface area contributed by atoms with Gasteiger partial charge in [0.1, 0.15) is 0 Å². The summed E-state index contributed by atoms with van der Waals surface area (Å²) in [6, 6.07) is 14.1. The van der Waals surface area contributed by atoms with Crippen LogP contribution in [0.25, 0.3) is 0 Å². The molecule has 0 spiro atoms. The lowest BCUT2D eigenvalue weighted by Crippen LogP contribution is -2.04. The number of ketones is 1. The number of carbonyl (C=O) groups excluding carboxylic acids is 1. The lowest BCUT2D eigenvalue weighted by Gasteiger charge is -2.04. The Morgan fingerprint density at radius 1 is 1.05 bits per heavy atom. The number of hydrogen-bond donors (Lipinski definition) is 2. The quantitative estimate of drug-likeness (QED) is 0.469. The van der Waals surface area contributed by atoms with Gasteiger partial charge >= 0.3 is 0 Å². The Balaban J connectivity index is 0.00000220. The van der Waals surface area contributed by atoms with E-state index in [0.29, 0.717) is 21.9 Å². The van der Waals surface area contributed by atoms with Crippen molar-refractivity contribution >= 4 is 51.3 Å². The van der Waals surface area contributed by atoms with E-state index in [1.165, 1.54) is 11.8 Å². The first-order valence-electron chi connectivity index (χ1n) is 5.92. The second-order valence-corrected chi connectivity index (χ2v) is 5.64. The second kappa shape index (κ2) is 8.22. The van der Waals surface area contributed by atoms with E-state index >= 15 is 0 Å². The molecular weight excluding hydrogens is 372 g/mol. The molecule has 110 valence electrons. The van der Waals surface area contributed by atoms with Gasteiger partial charge in [-0.3, -0.25) is 10.2 Å². The van der Waals surface area contributed by atoms with Gasteiger partial charge in [-0.25, -0.2) is 0 Å². The van der Waals surface area contributed by atoms with Crippen LogP contribution in [0.2, 0.25) is 5.02 Å². The zero-order chi connectivity index (χ0) is 14.5. The molecule has 6 heteroatoms. The van der Waals surface area contributed by atoms with Crippen molar-refractivity contribution in [2.75, 3.05) is 0 Å². The first-order valence-corrected chi connectivity index (χ1v) is 7.28. The molecule has 0 saturated carbocycles. The van der Waals surface area contributed by atoms with Gasteiger partial charge in [-0.2, -0.15) is 0 Å². The highest BCUT2D eigenvalue weighted by molar-refractivity contribution is 8.93. The molecule has 0 radical (unpaired) electrons. The van der Waals surface area contributed by atoms with Crippen molar-refractivity contribution < 1.29 is 4.79 Å². The number of nitrogens with two attached hydrogens (primary N) is 1. The number of carbonyl (C=O) groups is 1. The van der Waals surface area contributed by atoms with Gasteiger partial charge in [0.2, 0.25) is 0 Å². The Hall–Kier alpha value is -1.30. The molecule has 0 aliphatic carbocycles. The lowest BCUT2D eigenvalue weighted by atomic mass is 10.0. The Labute approximate surface area is 143 Å². The largest absolute Gasteiger partial charge is 0.379 e. The minimum absolute atomic E-state index is 0. The summed E-state index contributed by atoms with van der Waals surface area (Å²) in [7, 11) is 0. The van der Waals surface area contributed by atoms with E-state index in [1.807, 2.05) is 12.1 Å². The lowest BCUT2D eigenvalue weighted by molar-refractivity contribution is 0.103. The Bertz CT molecular complexity index is 629. The summed E-state index contributed by atoms with van der Waals surface area (Å²) >= 11 is 7.06. The van der Waals surface area contributed by atoms with Crippen molar-refractivity contribution in [2.45, 2.75) is 5.75 Å². The fourth-order valence-corrected chi connectivity index (χ4v) is 2.32. The van der Waals surface area contributed by atoms with Crippen molar-refractivity contribution in [1.82, 2.24) is 0 Å². The maximum Gasteiger partial charge on any atom is 0.193 e. The summed E-state index contributed by atoms with van der Waals surface area (Å²) in [4.78, 5) is 12.2. The van der Waals surface area contributed by atoms with Crippen LogP contribution in [0.15, 0.2) is 48.5 Å². The van der Waals surface area contributed by atoms with Crippen molar-refractivity contribution in [3.63, 3.8) is 0 Å². The molecule has 0 aliphatic rings. The average Bonchev–Trinajstić information content (AvgIpc) is 2.46. The zero-order valence-corrected chi connectivity index (χ0v) is 14.3. The molecule has 0 aliphatic heterocycles. The number of nitrogens with one attached hydrogen (secondary N) is 1. The van der Waals surface area contributed by atoms with Gasteiger partial charge in [-0.1, -0.05) is 47.6 Å². The van der Waals surface area contributed by atoms with E-state index in [1.54, 1.807) is 36.4 Å². The summed E-state index contributed by atoms with van der Waals surface area (Å²) in [6.45, 7) is 0. The molecule has 2 aromatic rings. The third kappa shape index (κ3) is 5.19. The summed E-state index contributed by atoms with van der Waals surface area (Å²) in [5.41, 5.74) is 7.55. The second-order valence-electron chi connectivity index (χ2n) is 4.19. The highest BCUT2D eigenvalue weighted by atomic mass is 79.9. The van der Waals surface area contributed by atoms with Gasteiger partial charge in [0.25, 0.3) is 0 Å². The standard InChI is InChI=1S/C15H13ClN2OS.BrH/c16-13-7-5-12(6-8-13)14(19)11-3-1-10(2-4-11)9-20-15(17)18;/h1-8H,9H2,(H3,17,18);1H. The number of benzene rings is 2. The molecule has 0 aromatic heterocycles. The van der Waals surface area contributed by atoms with Crippen LogP contribution in [-0.2, 0) is 5.75 Å². The van der Waals surface area contributed by atoms with Crippen LogP contribution in [-0.4, -0.2) is 11.0 Å². The summed E-state index contributed by atoms with van der Waals surface area (Å²) < 4.78 is 0. The van der Waals surface area contributed by atoms with Gasteiger partial charge in [0.15, 0.2) is 11.0 Å². The predicted molar refractivity (Wildman–Crippen MR) is 94.9 cm³/mol. The first kappa shape index (κ1) is 17.8. The van der Waals surface area contributed by atoms with Crippen LogP contribution >= 0.6 is 40.3 Å². The topological polar surface area (TPSA) is 66.9 Å². The van der Waals surface area contributed by atoms with Crippen LogP contribution in [0, 0.1) is 5.41 Å². The summed E-state index contributed by atoms with van der Waals surface area (Å²) in [5, 5.41) is 7.86. The Kier molecular flexibility index (Phi) is 6.95. The number of rotatable bonds is 4. The monoisotopic (exact) mass is 384 g/mol. The third-order valence-corrected chi connectivity index (χ3v) is 3.76. The third-order valence-electron chi connectivity index (χ3n) is 2.72. The molecule has 2 aromatic carbocycles. The van der Waals surface area contributed by atoms with Crippen molar-refractivity contribution in [2.24, 2.45) is 5.73 Å². The maximum atomic E-state index is 12.2. The van der Waals surface area contributed by atoms with Crippen LogP contribution < -0.4 is 5.73 Å². The minimum Gasteiger partial charge on any atom is -0.379 e. The predicted octanol–water partition coefficient (Wildman–Crippen LogP) is 4.28. The number of hydrogen-bond acceptors (Lipinski definition) is 3. The van der Waals surface area contributed by atoms with Gasteiger partial charge in [0, 0.05) is 21.9 Å². The van der Waals surface area contributed by atoms with E-state index in [9.17, 15) is 4.79 Å². The maximum absolute atomic E-state index is 12.2. The van der Waals surface area contributed by atoms with E-state index < -0.39 is 0 Å². The molecule has 0 fully saturated rings. The highest BCUT2D eigenvalue weighted by Crippen LogP contribution is 2.16. The first-order chi connectivity index (χ1) is 9.56. The molecule has 0 atom stereocenters. The molecular formula is C15H14BrClN2OS. The zero-order valence-electron chi connectivity index (χ0n) is 11.0. The van der Waals surface area contributed by atoms with Gasteiger partial charge in [-0.15, -0.1) is 17.0 Å². The number of halogens is 2. The average molecular weight is 386 g/mol. The van der Waals surface area contributed by atoms with E-state index in [0.717, 1.165) is 5.56 Å². The molecule has 3 nitrogen and oxygen atoms in total. The van der Waals surface area contributed by atoms with Crippen LogP contribution in [0.3, 0.4) is 0 Å². The normalized spacial score (nSPS) is 9.76. The van der Waals surface area contributed by atoms with Gasteiger partial charge < -0.3 is 5.73 Å². The van der Waals surface area contributed by atoms with E-state index in [2.05, 4.69) is 0 Å². The molecule has 0 amide bonds. The number of amidine groups is 1. The van der Waals surface area contributed by atoms with Crippen molar-refractivity contribution in [3.05, 3.63) is 70.2 Å². The number of thioether (sulfide) groups is 1. The SMILES string of the molecule is Br.N=C(N)SCc1ccc(C(=O)c2ccc(Cl)cc2)cc1. The smallest absolute Gasteiger partial charge is 0.193 e. The van der Waals surface area contributed by atoms with Gasteiger partial charge in [0.05, 0.1) is 0 Å². The molecule has 0 unspecified atom stereocenters. The molecule has 3 N–H and O–H groups in total. The van der Waals surface area contributed by atoms with Gasteiger partial charge in [-0.05, 0) is 29.8 Å². The molecule has 21 heavy (non-hydrogen) atoms. The summed E-state index contributed by atoms with van der Waals surface area (Å²) in [5.74, 6) is 0.595. The fourth-order valence-electron chi connectivity index (χ4n) is 1.68. The molecule has 0 heterocycles. The summed E-state index contributed by atoms with van der Waals surface area (Å²) in [6.07, 6.45) is 0. The van der Waals surface area contributed by atoms with Crippen LogP contribution in [0.5, 0.6) is 0 Å².